The molecule has 0 atom stereocenters. The SMILES string of the molecule is Cc1c(Br)cc(S(C)(=O)=O)cc1C=NO. The molecular weight excluding hydrogens is 282 g/mol. The minimum Gasteiger partial charge on any atom is -0.411 e. The normalized spacial score (nSPS) is 12.2. The van der Waals surface area contributed by atoms with Crippen LogP contribution in [0.4, 0.5) is 0 Å². The molecule has 0 radical (unpaired) electrons. The lowest BCUT2D eigenvalue weighted by Crippen LogP contribution is -2.00. The highest BCUT2D eigenvalue weighted by Crippen LogP contribution is 2.23. The Morgan fingerprint density at radius 3 is 2.53 bits per heavy atom. The molecule has 1 aromatic rings. The summed E-state index contributed by atoms with van der Waals surface area (Å²) in [6.07, 6.45) is 2.33. The molecule has 4 nitrogen and oxygen atoms in total. The molecule has 0 fully saturated rings. The standard InChI is InChI=1S/C9H10BrNO3S/c1-6-7(5-11-12)3-8(4-9(6)10)15(2,13)14/h3-5,12H,1-2H3. The van der Waals surface area contributed by atoms with E-state index in [0.717, 1.165) is 11.8 Å². The zero-order chi connectivity index (χ0) is 11.6. The lowest BCUT2D eigenvalue weighted by atomic mass is 10.1. The van der Waals surface area contributed by atoms with Gasteiger partial charge in [-0.1, -0.05) is 21.1 Å². The number of hydrogen-bond donors (Lipinski definition) is 1. The molecule has 0 aliphatic rings. The second-order valence-corrected chi connectivity index (χ2v) is 6.01. The van der Waals surface area contributed by atoms with Crippen molar-refractivity contribution < 1.29 is 13.6 Å². The van der Waals surface area contributed by atoms with Gasteiger partial charge in [-0.25, -0.2) is 8.42 Å². The van der Waals surface area contributed by atoms with Crippen LogP contribution in [0.15, 0.2) is 26.7 Å². The summed E-state index contributed by atoms with van der Waals surface area (Å²) < 4.78 is 23.3. The van der Waals surface area contributed by atoms with Crippen molar-refractivity contribution in [2.45, 2.75) is 11.8 Å². The first-order valence-electron chi connectivity index (χ1n) is 4.04. The third-order valence-corrected chi connectivity index (χ3v) is 3.90. The molecule has 0 unspecified atom stereocenters. The molecule has 0 aromatic heterocycles. The Morgan fingerprint density at radius 1 is 1.47 bits per heavy atom. The summed E-state index contributed by atoms with van der Waals surface area (Å²) in [7, 11) is -3.26. The van der Waals surface area contributed by atoms with Gasteiger partial charge in [-0.3, -0.25) is 0 Å². The zero-order valence-electron chi connectivity index (χ0n) is 8.23. The summed E-state index contributed by atoms with van der Waals surface area (Å²) in [4.78, 5) is 0.190. The van der Waals surface area contributed by atoms with Crippen LogP contribution in [0.2, 0.25) is 0 Å². The molecule has 15 heavy (non-hydrogen) atoms. The third-order valence-electron chi connectivity index (χ3n) is 1.98. The van der Waals surface area contributed by atoms with Gasteiger partial charge in [0.2, 0.25) is 0 Å². The van der Waals surface area contributed by atoms with Crippen LogP contribution in [0, 0.1) is 6.92 Å². The van der Waals surface area contributed by atoms with E-state index >= 15 is 0 Å². The van der Waals surface area contributed by atoms with Gasteiger partial charge in [0.05, 0.1) is 11.1 Å². The van der Waals surface area contributed by atoms with E-state index in [9.17, 15) is 8.42 Å². The Kier molecular flexibility index (Phi) is 3.51. The van der Waals surface area contributed by atoms with Crippen LogP contribution < -0.4 is 0 Å². The predicted molar refractivity (Wildman–Crippen MR) is 61.4 cm³/mol. The molecule has 0 heterocycles. The Balaban J connectivity index is 3.50. The average molecular weight is 292 g/mol. The van der Waals surface area contributed by atoms with Crippen molar-refractivity contribution in [3.05, 3.63) is 27.7 Å². The Labute approximate surface area is 96.7 Å². The van der Waals surface area contributed by atoms with Crippen LogP contribution in [-0.4, -0.2) is 26.1 Å². The molecule has 0 saturated carbocycles. The van der Waals surface area contributed by atoms with E-state index < -0.39 is 9.84 Å². The van der Waals surface area contributed by atoms with E-state index in [1.54, 1.807) is 6.92 Å². The maximum atomic E-state index is 11.3. The summed E-state index contributed by atoms with van der Waals surface area (Å²) in [6, 6.07) is 2.99. The average Bonchev–Trinajstić information content (AvgIpc) is 2.11. The predicted octanol–water partition coefficient (Wildman–Crippen LogP) is 1.97. The lowest BCUT2D eigenvalue weighted by Gasteiger charge is -2.06. The first-order valence-corrected chi connectivity index (χ1v) is 6.72. The van der Waals surface area contributed by atoms with Crippen molar-refractivity contribution >= 4 is 32.0 Å². The fraction of sp³-hybridized carbons (Fsp3) is 0.222. The lowest BCUT2D eigenvalue weighted by molar-refractivity contribution is 0.322. The van der Waals surface area contributed by atoms with Crippen molar-refractivity contribution in [3.8, 4) is 0 Å². The van der Waals surface area contributed by atoms with Crippen molar-refractivity contribution in [2.75, 3.05) is 6.26 Å². The third kappa shape index (κ3) is 2.79. The van der Waals surface area contributed by atoms with E-state index in [2.05, 4.69) is 21.1 Å². The van der Waals surface area contributed by atoms with Crippen molar-refractivity contribution in [1.29, 1.82) is 0 Å². The number of sulfone groups is 1. The minimum atomic E-state index is -3.26. The molecule has 0 amide bonds. The first-order chi connectivity index (χ1) is 6.86. The van der Waals surface area contributed by atoms with Crippen LogP contribution >= 0.6 is 15.9 Å². The second kappa shape index (κ2) is 4.32. The van der Waals surface area contributed by atoms with Crippen LogP contribution in [0.5, 0.6) is 0 Å². The van der Waals surface area contributed by atoms with Gasteiger partial charge in [0.1, 0.15) is 0 Å². The number of benzene rings is 1. The van der Waals surface area contributed by atoms with Crippen LogP contribution in [-0.2, 0) is 9.84 Å². The molecule has 6 heteroatoms. The van der Waals surface area contributed by atoms with Crippen LogP contribution in [0.3, 0.4) is 0 Å². The summed E-state index contributed by atoms with van der Waals surface area (Å²) in [6.45, 7) is 1.80. The maximum absolute atomic E-state index is 11.3. The summed E-state index contributed by atoms with van der Waals surface area (Å²) in [5, 5.41) is 11.3. The van der Waals surface area contributed by atoms with Gasteiger partial charge in [-0.15, -0.1) is 0 Å². The number of halogens is 1. The van der Waals surface area contributed by atoms with Crippen LogP contribution in [0.1, 0.15) is 11.1 Å². The monoisotopic (exact) mass is 291 g/mol. The first kappa shape index (κ1) is 12.2. The van der Waals surface area contributed by atoms with Gasteiger partial charge in [0, 0.05) is 16.3 Å². The Hall–Kier alpha value is -0.880. The minimum absolute atomic E-state index is 0.190. The highest BCUT2D eigenvalue weighted by Gasteiger charge is 2.11. The molecule has 0 bridgehead atoms. The zero-order valence-corrected chi connectivity index (χ0v) is 10.6. The molecule has 0 aliphatic heterocycles. The number of oxime groups is 1. The molecule has 0 spiro atoms. The van der Waals surface area contributed by atoms with Gasteiger partial charge in [-0.2, -0.15) is 0 Å². The van der Waals surface area contributed by atoms with Gasteiger partial charge >= 0.3 is 0 Å². The largest absolute Gasteiger partial charge is 0.411 e. The topological polar surface area (TPSA) is 66.7 Å². The van der Waals surface area contributed by atoms with E-state index in [-0.39, 0.29) is 4.90 Å². The Bertz CT molecular complexity index is 508. The molecule has 1 N–H and O–H groups in total. The van der Waals surface area contributed by atoms with Gasteiger partial charge in [0.25, 0.3) is 0 Å². The van der Waals surface area contributed by atoms with Gasteiger partial charge < -0.3 is 5.21 Å². The number of nitrogens with zero attached hydrogens (tertiary/aromatic N) is 1. The molecule has 82 valence electrons. The molecule has 0 aliphatic carbocycles. The van der Waals surface area contributed by atoms with Crippen molar-refractivity contribution in [3.63, 3.8) is 0 Å². The molecular formula is C9H10BrNO3S. The van der Waals surface area contributed by atoms with Crippen molar-refractivity contribution in [1.82, 2.24) is 0 Å². The van der Waals surface area contributed by atoms with Gasteiger partial charge in [0.15, 0.2) is 9.84 Å². The smallest absolute Gasteiger partial charge is 0.175 e. The van der Waals surface area contributed by atoms with Gasteiger partial charge in [-0.05, 0) is 24.6 Å². The van der Waals surface area contributed by atoms with Crippen molar-refractivity contribution in [2.24, 2.45) is 5.16 Å². The molecule has 1 rings (SSSR count). The van der Waals surface area contributed by atoms with Crippen LogP contribution in [0.25, 0.3) is 0 Å². The molecule has 0 saturated heterocycles. The van der Waals surface area contributed by atoms with E-state index in [1.165, 1.54) is 18.3 Å². The second-order valence-electron chi connectivity index (χ2n) is 3.14. The Morgan fingerprint density at radius 2 is 2.07 bits per heavy atom. The molecule has 1 aromatic carbocycles. The summed E-state index contributed by atoms with van der Waals surface area (Å²) >= 11 is 3.25. The summed E-state index contributed by atoms with van der Waals surface area (Å²) in [5.41, 5.74) is 1.38. The summed E-state index contributed by atoms with van der Waals surface area (Å²) in [5.74, 6) is 0. The highest BCUT2D eigenvalue weighted by molar-refractivity contribution is 9.10. The fourth-order valence-electron chi connectivity index (χ4n) is 1.08. The van der Waals surface area contributed by atoms with E-state index in [1.807, 2.05) is 0 Å². The highest BCUT2D eigenvalue weighted by atomic mass is 79.9. The quantitative estimate of drug-likeness (QED) is 0.515. The fourth-order valence-corrected chi connectivity index (χ4v) is 2.38. The number of hydrogen-bond acceptors (Lipinski definition) is 4. The number of rotatable bonds is 2. The van der Waals surface area contributed by atoms with E-state index in [0.29, 0.717) is 10.0 Å². The maximum Gasteiger partial charge on any atom is 0.175 e. The van der Waals surface area contributed by atoms with E-state index in [4.69, 9.17) is 5.21 Å².